The van der Waals surface area contributed by atoms with E-state index in [0.717, 1.165) is 45.1 Å². The van der Waals surface area contributed by atoms with Crippen molar-refractivity contribution >= 4 is 18.2 Å². The average Bonchev–Trinajstić information content (AvgIpc) is 3.25. The van der Waals surface area contributed by atoms with E-state index in [9.17, 15) is 0 Å². The third kappa shape index (κ3) is 10.2. The number of rotatable bonds is 13. The van der Waals surface area contributed by atoms with Crippen LogP contribution in [0.15, 0.2) is 103 Å². The van der Waals surface area contributed by atoms with E-state index in [1.165, 1.54) is 36.8 Å². The minimum Gasteiger partial charge on any atom is -0.496 e. The third-order valence-corrected chi connectivity index (χ3v) is 10.1. The molecule has 1 saturated carbocycles. The van der Waals surface area contributed by atoms with Gasteiger partial charge in [-0.25, -0.2) is 0 Å². The molecule has 0 radical (unpaired) electrons. The minimum atomic E-state index is 0.516. The number of methoxy groups -OCH3 is 7. The van der Waals surface area contributed by atoms with Gasteiger partial charge in [-0.3, -0.25) is 0 Å². The van der Waals surface area contributed by atoms with Gasteiger partial charge < -0.3 is 33.2 Å². The summed E-state index contributed by atoms with van der Waals surface area (Å²) in [7, 11) is 11.7. The highest BCUT2D eigenvalue weighted by Crippen LogP contribution is 2.42. The number of ether oxygens (including phenoxy) is 7. The van der Waals surface area contributed by atoms with Crippen LogP contribution in [0.1, 0.15) is 59.4 Å². The molecule has 5 aromatic rings. The average molecular weight is 743 g/mol. The smallest absolute Gasteiger partial charge is 0.161 e. The van der Waals surface area contributed by atoms with Crippen molar-refractivity contribution in [3.05, 3.63) is 131 Å². The number of hydrogen-bond acceptors (Lipinski definition) is 7. The molecule has 1 aliphatic rings. The van der Waals surface area contributed by atoms with Gasteiger partial charge in [0.15, 0.2) is 34.5 Å². The summed E-state index contributed by atoms with van der Waals surface area (Å²) < 4.78 is 37.8. The predicted molar refractivity (Wildman–Crippen MR) is 224 cm³/mol. The summed E-state index contributed by atoms with van der Waals surface area (Å²) in [6.45, 7) is 2.07. The molecule has 6 rings (SSSR count). The highest BCUT2D eigenvalue weighted by atomic mass is 16.5. The van der Waals surface area contributed by atoms with Crippen molar-refractivity contribution in [3.63, 3.8) is 0 Å². The molecule has 0 spiro atoms. The van der Waals surface area contributed by atoms with Crippen LogP contribution in [-0.2, 0) is 0 Å². The van der Waals surface area contributed by atoms with E-state index >= 15 is 0 Å². The molecule has 2 atom stereocenters. The van der Waals surface area contributed by atoms with Gasteiger partial charge in [0.2, 0.25) is 0 Å². The molecule has 1 aliphatic carbocycles. The van der Waals surface area contributed by atoms with Gasteiger partial charge in [-0.1, -0.05) is 91.7 Å². The Hall–Kier alpha value is -5.82. The summed E-state index contributed by atoms with van der Waals surface area (Å²) >= 11 is 0. The van der Waals surface area contributed by atoms with Crippen LogP contribution >= 0.6 is 0 Å². The van der Waals surface area contributed by atoms with Gasteiger partial charge in [0.05, 0.1) is 49.8 Å². The number of hydrogen-bond donors (Lipinski definition) is 0. The fraction of sp³-hybridized carbons (Fsp3) is 0.292. The summed E-state index contributed by atoms with van der Waals surface area (Å²) in [5.41, 5.74) is 7.99. The number of aryl methyl sites for hydroxylation is 1. The van der Waals surface area contributed by atoms with Crippen LogP contribution in [0.4, 0.5) is 0 Å². The van der Waals surface area contributed by atoms with E-state index in [1.54, 1.807) is 49.8 Å². The molecular weight excluding hydrogens is 689 g/mol. The Morgan fingerprint density at radius 3 is 1.71 bits per heavy atom. The molecule has 0 N–H and O–H groups in total. The Bertz CT molecular complexity index is 2060. The summed E-state index contributed by atoms with van der Waals surface area (Å²) in [6, 6.07) is 32.8. The van der Waals surface area contributed by atoms with Gasteiger partial charge >= 0.3 is 0 Å². The summed E-state index contributed by atoms with van der Waals surface area (Å²) in [5, 5.41) is 0. The second kappa shape index (κ2) is 20.0. The van der Waals surface area contributed by atoms with Gasteiger partial charge in [0.25, 0.3) is 0 Å². The van der Waals surface area contributed by atoms with Crippen molar-refractivity contribution in [1.82, 2.24) is 0 Å². The number of benzene rings is 5. The van der Waals surface area contributed by atoms with E-state index in [2.05, 4.69) is 73.7 Å². The standard InChI is InChI=1S/C24H24O4.C24H30O3/c1-25-21-13-10-17(15-23(21)27-3)9-11-18-7-5-6-8-20(18)19-12-14-22(26-2)24(16-19)28-4;1-17-9-10-18(15-23(17)26-3)11-12-19-7-5-6-8-21(19)20-13-14-22(25-2)24(16-20)27-4/h5-16H,1-4H3;9-16,19,21H,5-8H2,1-4H3/b11-9+;12-11+. The van der Waals surface area contributed by atoms with E-state index in [0.29, 0.717) is 34.8 Å². The van der Waals surface area contributed by atoms with Crippen molar-refractivity contribution in [2.75, 3.05) is 49.8 Å². The van der Waals surface area contributed by atoms with Gasteiger partial charge in [-0.05, 0) is 113 Å². The van der Waals surface area contributed by atoms with Crippen molar-refractivity contribution in [2.45, 2.75) is 38.5 Å². The largest absolute Gasteiger partial charge is 0.496 e. The van der Waals surface area contributed by atoms with E-state index in [4.69, 9.17) is 33.2 Å². The molecule has 0 aliphatic heterocycles. The molecule has 0 amide bonds. The second-order valence-electron chi connectivity index (χ2n) is 13.4. The lowest BCUT2D eigenvalue weighted by Gasteiger charge is -2.30. The Labute approximate surface area is 327 Å². The molecule has 1 fully saturated rings. The maximum Gasteiger partial charge on any atom is 0.161 e. The van der Waals surface area contributed by atoms with Crippen LogP contribution < -0.4 is 33.2 Å². The van der Waals surface area contributed by atoms with Crippen LogP contribution in [0.5, 0.6) is 40.2 Å². The monoisotopic (exact) mass is 742 g/mol. The molecule has 0 saturated heterocycles. The molecule has 5 aromatic carbocycles. The lowest BCUT2D eigenvalue weighted by molar-refractivity contribution is 0.346. The zero-order chi connectivity index (χ0) is 39.2. The first kappa shape index (κ1) is 40.4. The SMILES string of the molecule is COc1cc(/C=C/C2CCCCC2c2ccc(OC)c(OC)c2)ccc1C.COc1ccc(/C=C/c2ccccc2-c2ccc(OC)c(OC)c2)cc1OC. The molecular formula is C48H54O7. The van der Waals surface area contributed by atoms with Crippen molar-refractivity contribution in [1.29, 1.82) is 0 Å². The molecule has 7 nitrogen and oxygen atoms in total. The minimum absolute atomic E-state index is 0.516. The van der Waals surface area contributed by atoms with Crippen molar-refractivity contribution < 1.29 is 33.2 Å². The predicted octanol–water partition coefficient (Wildman–Crippen LogP) is 11.6. The molecule has 7 heteroatoms. The van der Waals surface area contributed by atoms with Crippen LogP contribution in [-0.4, -0.2) is 49.8 Å². The first-order valence-corrected chi connectivity index (χ1v) is 18.6. The topological polar surface area (TPSA) is 64.6 Å². The molecule has 55 heavy (non-hydrogen) atoms. The molecule has 2 unspecified atom stereocenters. The summed E-state index contributed by atoms with van der Waals surface area (Å²) in [5.74, 6) is 6.43. The third-order valence-electron chi connectivity index (χ3n) is 10.1. The maximum absolute atomic E-state index is 5.51. The van der Waals surface area contributed by atoms with E-state index in [1.807, 2.05) is 54.6 Å². The Balaban J connectivity index is 0.000000211. The first-order valence-electron chi connectivity index (χ1n) is 18.6. The quantitative estimate of drug-likeness (QED) is 0.111. The zero-order valence-electron chi connectivity index (χ0n) is 33.4. The van der Waals surface area contributed by atoms with E-state index < -0.39 is 0 Å². The molecule has 0 heterocycles. The lowest BCUT2D eigenvalue weighted by atomic mass is 9.75. The molecule has 0 aromatic heterocycles. The van der Waals surface area contributed by atoms with Gasteiger partial charge in [-0.2, -0.15) is 0 Å². The van der Waals surface area contributed by atoms with Crippen LogP contribution in [0.3, 0.4) is 0 Å². The van der Waals surface area contributed by atoms with Gasteiger partial charge in [0, 0.05) is 0 Å². The fourth-order valence-corrected chi connectivity index (χ4v) is 7.11. The normalized spacial score (nSPS) is 15.2. The summed E-state index contributed by atoms with van der Waals surface area (Å²) in [4.78, 5) is 0. The van der Waals surface area contributed by atoms with Crippen molar-refractivity contribution in [3.8, 4) is 51.4 Å². The Kier molecular flexibility index (Phi) is 14.7. The Morgan fingerprint density at radius 2 is 1.02 bits per heavy atom. The van der Waals surface area contributed by atoms with E-state index in [-0.39, 0.29) is 0 Å². The van der Waals surface area contributed by atoms with Crippen LogP contribution in [0, 0.1) is 12.8 Å². The molecule has 288 valence electrons. The fourth-order valence-electron chi connectivity index (χ4n) is 7.11. The Morgan fingerprint density at radius 1 is 0.473 bits per heavy atom. The zero-order valence-corrected chi connectivity index (χ0v) is 33.4. The van der Waals surface area contributed by atoms with Gasteiger partial charge in [-0.15, -0.1) is 0 Å². The van der Waals surface area contributed by atoms with Crippen LogP contribution in [0.2, 0.25) is 0 Å². The van der Waals surface area contributed by atoms with Crippen LogP contribution in [0.25, 0.3) is 29.4 Å². The van der Waals surface area contributed by atoms with Crippen molar-refractivity contribution in [2.24, 2.45) is 5.92 Å². The first-order chi connectivity index (χ1) is 26.8. The highest BCUT2D eigenvalue weighted by Gasteiger charge is 2.25. The number of allylic oxidation sites excluding steroid dienone is 1. The highest BCUT2D eigenvalue weighted by molar-refractivity contribution is 5.82. The molecule has 0 bridgehead atoms. The lowest BCUT2D eigenvalue weighted by Crippen LogP contribution is -2.16. The second-order valence-corrected chi connectivity index (χ2v) is 13.4. The summed E-state index contributed by atoms with van der Waals surface area (Å²) in [6.07, 6.45) is 13.8. The van der Waals surface area contributed by atoms with Gasteiger partial charge in [0.1, 0.15) is 5.75 Å². The maximum atomic E-state index is 5.51.